The van der Waals surface area contributed by atoms with Crippen molar-refractivity contribution in [3.05, 3.63) is 274 Å². The largest absolute Gasteiger partial charge is 0.304 e. The molecular formula is C90H122N12. The highest BCUT2D eigenvalue weighted by atomic mass is 15.0. The molecule has 0 spiro atoms. The Morgan fingerprint density at radius 3 is 1.23 bits per heavy atom. The Balaban J connectivity index is 0.000000577. The van der Waals surface area contributed by atoms with Crippen LogP contribution in [0.25, 0.3) is 76.7 Å². The van der Waals surface area contributed by atoms with Gasteiger partial charge in [-0.1, -0.05) is 214 Å². The van der Waals surface area contributed by atoms with Gasteiger partial charge in [-0.05, 0) is 185 Å². The third kappa shape index (κ3) is 26.4. The molecule has 10 heterocycles. The van der Waals surface area contributed by atoms with Crippen molar-refractivity contribution in [1.82, 2.24) is 58.6 Å². The number of imidazole rings is 2. The van der Waals surface area contributed by atoms with E-state index in [-0.39, 0.29) is 0 Å². The summed E-state index contributed by atoms with van der Waals surface area (Å²) in [4.78, 5) is 43.5. The maximum absolute atomic E-state index is 4.57. The summed E-state index contributed by atoms with van der Waals surface area (Å²) in [7, 11) is 0. The smallest absolute Gasteiger partial charge is 0.137 e. The number of aromatic nitrogens is 12. The van der Waals surface area contributed by atoms with Gasteiger partial charge in [0.25, 0.3) is 0 Å². The van der Waals surface area contributed by atoms with Crippen LogP contribution in [0.4, 0.5) is 0 Å². The molecule has 102 heavy (non-hydrogen) atoms. The van der Waals surface area contributed by atoms with Gasteiger partial charge in [0.1, 0.15) is 23.4 Å². The van der Waals surface area contributed by atoms with Crippen molar-refractivity contribution in [2.75, 3.05) is 0 Å². The molecular weight excluding hydrogens is 1250 g/mol. The van der Waals surface area contributed by atoms with Crippen molar-refractivity contribution >= 4 is 76.7 Å². The standard InChI is InChI=1S/C14H12N2.2C11H11N.2C10H10N2.2C9H10N2.8C2H6/c1-9-7-12-6-5-11-4-3-10(2)16-14(11)13(12)15-8-9;1-8-6-10-9(2)4-3-5-11(10)12-7-8;1-8-4-3-5-10-7-6-9(2)12-11(8)10;1-7-4-3-5-9-8(2)11-6-12-10(7)9;1-7-4-3-5-9-6-11-8(2)12-10(7)9;2*1-7-8(2)11-6-4-3-5-9(11)10-7;8*1-2/h3-8H,1-2H3;2*3-7H,1-2H3;2*3-6H,1-2H3;2*3-6H,1-2H3;8*1-2H3. The highest BCUT2D eigenvalue weighted by molar-refractivity contribution is 6.02. The van der Waals surface area contributed by atoms with Crippen LogP contribution in [0.1, 0.15) is 190 Å². The van der Waals surface area contributed by atoms with E-state index < -0.39 is 0 Å². The number of hydrogen-bond acceptors (Lipinski definition) is 10. The zero-order valence-corrected chi connectivity index (χ0v) is 67.8. The molecule has 0 aliphatic heterocycles. The van der Waals surface area contributed by atoms with Crippen LogP contribution in [-0.4, -0.2) is 58.6 Å². The van der Waals surface area contributed by atoms with Gasteiger partial charge in [0.2, 0.25) is 0 Å². The number of fused-ring (bicyclic) bond motifs is 9. The van der Waals surface area contributed by atoms with Gasteiger partial charge in [-0.3, -0.25) is 19.9 Å². The molecule has 542 valence electrons. The fourth-order valence-corrected chi connectivity index (χ4v) is 9.91. The van der Waals surface area contributed by atoms with Crippen LogP contribution in [-0.2, 0) is 0 Å². The van der Waals surface area contributed by atoms with E-state index in [4.69, 9.17) is 0 Å². The second kappa shape index (κ2) is 49.4. The molecule has 10 aromatic heterocycles. The van der Waals surface area contributed by atoms with Crippen LogP contribution in [0, 0.1) is 96.9 Å². The molecule has 0 N–H and O–H groups in total. The number of benzene rings is 5. The third-order valence-electron chi connectivity index (χ3n) is 14.9. The van der Waals surface area contributed by atoms with Gasteiger partial charge in [-0.2, -0.15) is 0 Å². The highest BCUT2D eigenvalue weighted by Crippen LogP contribution is 2.24. The SMILES string of the molecule is CC.CC.CC.CC.CC.CC.CC.CC.Cc1ccc2cccc(C)c2n1.Cc1cnc2c(ccc3ccc(C)nc32)c1.Cc1cnc2cccc(C)c2c1.Cc1nc2ccccn2c1C.Cc1nc2ccccn2c1C.Cc1ncc2cccc(C)c2n1.Cc1ncnc2c(C)cccc12. The molecule has 0 saturated heterocycles. The topological polar surface area (TPSA) is 138 Å². The number of hydrogen-bond donors (Lipinski definition) is 0. The predicted molar refractivity (Wildman–Crippen MR) is 447 cm³/mol. The minimum atomic E-state index is 0.830. The van der Waals surface area contributed by atoms with Crippen molar-refractivity contribution in [3.63, 3.8) is 0 Å². The van der Waals surface area contributed by atoms with Crippen LogP contribution in [0.5, 0.6) is 0 Å². The maximum Gasteiger partial charge on any atom is 0.137 e. The molecule has 0 saturated carbocycles. The van der Waals surface area contributed by atoms with Crippen LogP contribution >= 0.6 is 0 Å². The van der Waals surface area contributed by atoms with Gasteiger partial charge in [-0.25, -0.2) is 29.9 Å². The van der Waals surface area contributed by atoms with E-state index in [0.717, 1.165) is 100 Å². The van der Waals surface area contributed by atoms with Crippen LogP contribution in [0.3, 0.4) is 0 Å². The Morgan fingerprint density at radius 2 is 0.696 bits per heavy atom. The van der Waals surface area contributed by atoms with E-state index in [0.29, 0.717) is 0 Å². The monoisotopic (exact) mass is 1370 g/mol. The molecule has 0 aliphatic rings. The first-order chi connectivity index (χ1) is 49.4. The first-order valence-corrected chi connectivity index (χ1v) is 36.9. The summed E-state index contributed by atoms with van der Waals surface area (Å²) in [5, 5.41) is 7.05. The fourth-order valence-electron chi connectivity index (χ4n) is 9.91. The Labute approximate surface area is 613 Å². The first kappa shape index (κ1) is 89.8. The molecule has 5 aromatic carbocycles. The molecule has 0 aliphatic carbocycles. The highest BCUT2D eigenvalue weighted by Gasteiger charge is 2.06. The molecule has 12 nitrogen and oxygen atoms in total. The molecule has 0 unspecified atom stereocenters. The molecule has 15 aromatic rings. The van der Waals surface area contributed by atoms with Crippen LogP contribution in [0.15, 0.2) is 195 Å². The summed E-state index contributed by atoms with van der Waals surface area (Å²) in [6, 6.07) is 53.6. The van der Waals surface area contributed by atoms with Gasteiger partial charge >= 0.3 is 0 Å². The summed E-state index contributed by atoms with van der Waals surface area (Å²) < 4.78 is 4.19. The molecule has 0 fully saturated rings. The minimum absolute atomic E-state index is 0.830. The summed E-state index contributed by atoms with van der Waals surface area (Å²) in [6.07, 6.45) is 11.3. The lowest BCUT2D eigenvalue weighted by atomic mass is 10.1. The number of para-hydroxylation sites is 3. The Morgan fingerprint density at radius 1 is 0.265 bits per heavy atom. The number of pyridine rings is 6. The van der Waals surface area contributed by atoms with E-state index in [2.05, 4.69) is 193 Å². The quantitative estimate of drug-likeness (QED) is 0.135. The molecule has 0 amide bonds. The summed E-state index contributed by atoms with van der Waals surface area (Å²) in [5.41, 5.74) is 23.5. The van der Waals surface area contributed by atoms with Crippen molar-refractivity contribution in [3.8, 4) is 0 Å². The van der Waals surface area contributed by atoms with Crippen molar-refractivity contribution in [2.24, 2.45) is 0 Å². The van der Waals surface area contributed by atoms with Crippen molar-refractivity contribution in [1.29, 1.82) is 0 Å². The first-order valence-electron chi connectivity index (χ1n) is 36.9. The predicted octanol–water partition coefficient (Wildman–Crippen LogP) is 25.7. The minimum Gasteiger partial charge on any atom is -0.304 e. The normalized spacial score (nSPS) is 9.47. The average molecular weight is 1370 g/mol. The van der Waals surface area contributed by atoms with Gasteiger partial charge in [0, 0.05) is 91.8 Å². The van der Waals surface area contributed by atoms with Crippen LogP contribution < -0.4 is 0 Å². The Kier molecular flexibility index (Phi) is 43.5. The van der Waals surface area contributed by atoms with E-state index in [1.807, 2.05) is 262 Å². The van der Waals surface area contributed by atoms with Crippen LogP contribution in [0.2, 0.25) is 0 Å². The molecule has 15 rings (SSSR count). The van der Waals surface area contributed by atoms with E-state index in [1.54, 1.807) is 6.33 Å². The number of aryl methyl sites for hydroxylation is 14. The lowest BCUT2D eigenvalue weighted by molar-refractivity contribution is 1.09. The summed E-state index contributed by atoms with van der Waals surface area (Å²) >= 11 is 0. The molecule has 0 bridgehead atoms. The zero-order valence-electron chi connectivity index (χ0n) is 67.8. The number of rotatable bonds is 0. The maximum atomic E-state index is 4.57. The van der Waals surface area contributed by atoms with Crippen molar-refractivity contribution in [2.45, 2.75) is 208 Å². The lowest BCUT2D eigenvalue weighted by Gasteiger charge is -2.03. The second-order valence-corrected chi connectivity index (χ2v) is 21.7. The second-order valence-electron chi connectivity index (χ2n) is 21.7. The average Bonchev–Trinajstić information content (AvgIpc) is 1.29. The molecule has 0 radical (unpaired) electrons. The zero-order chi connectivity index (χ0) is 77.0. The molecule has 0 atom stereocenters. The summed E-state index contributed by atoms with van der Waals surface area (Å²) in [6.45, 7) is 60.6. The van der Waals surface area contributed by atoms with Crippen molar-refractivity contribution < 1.29 is 0 Å². The van der Waals surface area contributed by atoms with Gasteiger partial charge in [-0.15, -0.1) is 0 Å². The Bertz CT molecular complexity index is 4500. The van der Waals surface area contributed by atoms with Gasteiger partial charge in [0.15, 0.2) is 0 Å². The van der Waals surface area contributed by atoms with E-state index >= 15 is 0 Å². The fraction of sp³-hybridized carbons (Fsp3) is 0.333. The lowest BCUT2D eigenvalue weighted by Crippen LogP contribution is -1.89. The number of nitrogens with zero attached hydrogens (tertiary/aromatic N) is 12. The van der Waals surface area contributed by atoms with E-state index in [9.17, 15) is 0 Å². The summed E-state index contributed by atoms with van der Waals surface area (Å²) in [5.74, 6) is 0.830. The third-order valence-corrected chi connectivity index (χ3v) is 14.9. The molecule has 12 heteroatoms. The Hall–Kier alpha value is -10.2. The van der Waals surface area contributed by atoms with Gasteiger partial charge < -0.3 is 8.80 Å². The van der Waals surface area contributed by atoms with E-state index in [1.165, 1.54) is 55.5 Å². The van der Waals surface area contributed by atoms with Gasteiger partial charge in [0.05, 0.1) is 44.5 Å².